The molecule has 8 heteroatoms. The molecule has 0 saturated heterocycles. The molecule has 1 aromatic heterocycles. The normalized spacial score (nSPS) is 16.9. The molecule has 0 aliphatic carbocycles. The second-order valence-electron chi connectivity index (χ2n) is 8.61. The number of nitro groups is 1. The number of non-ortho nitro benzene ring substituents is 1. The Hall–Kier alpha value is -4.20. The molecule has 3 aromatic rings. The number of cyclic esters (lactones) is 1. The molecule has 0 saturated carbocycles. The van der Waals surface area contributed by atoms with Gasteiger partial charge in [-0.1, -0.05) is 35.9 Å². The van der Waals surface area contributed by atoms with Gasteiger partial charge in [-0.3, -0.25) is 10.1 Å². The first-order chi connectivity index (χ1) is 16.2. The third-order valence-corrected chi connectivity index (χ3v) is 5.70. The first kappa shape index (κ1) is 23.0. The summed E-state index contributed by atoms with van der Waals surface area (Å²) in [7, 11) is 0. The Morgan fingerprint density at radius 3 is 2.09 bits per heavy atom. The number of nitrogens with zero attached hydrogens (tertiary/aromatic N) is 2. The van der Waals surface area contributed by atoms with E-state index in [1.807, 2.05) is 66.3 Å². The van der Waals surface area contributed by atoms with Gasteiger partial charge in [0, 0.05) is 43.7 Å². The number of ether oxygens (including phenoxy) is 2. The summed E-state index contributed by atoms with van der Waals surface area (Å²) in [4.78, 5) is 23.9. The summed E-state index contributed by atoms with van der Waals surface area (Å²) in [5.74, 6) is -3.23. The highest BCUT2D eigenvalue weighted by molar-refractivity contribution is 5.91. The SMILES string of the molecule is Cc1ccc(C(C2=C(O)OC(C)(C)OC2=O)C(c2ccc([N+](=O)[O-])cc2)[n+]2ccccc2)cc1. The molecule has 8 nitrogen and oxygen atoms in total. The van der Waals surface area contributed by atoms with Gasteiger partial charge in [-0.2, -0.15) is 4.57 Å². The molecule has 1 N–H and O–H groups in total. The number of aliphatic hydroxyl groups is 1. The molecule has 1 aliphatic rings. The van der Waals surface area contributed by atoms with Crippen molar-refractivity contribution in [3.05, 3.63) is 117 Å². The largest absolute Gasteiger partial charge is 0.480 e. The highest BCUT2D eigenvalue weighted by Crippen LogP contribution is 2.42. The zero-order chi connectivity index (χ0) is 24.5. The van der Waals surface area contributed by atoms with E-state index in [0.717, 1.165) is 11.1 Å². The smallest absolute Gasteiger partial charge is 0.345 e. The molecule has 2 atom stereocenters. The minimum Gasteiger partial charge on any atom is -0.480 e. The number of benzene rings is 2. The second kappa shape index (κ2) is 8.97. The molecular weight excluding hydrogens is 436 g/mol. The van der Waals surface area contributed by atoms with E-state index >= 15 is 0 Å². The van der Waals surface area contributed by atoms with Gasteiger partial charge in [0.2, 0.25) is 0 Å². The van der Waals surface area contributed by atoms with Crippen LogP contribution in [0.2, 0.25) is 0 Å². The lowest BCUT2D eigenvalue weighted by Gasteiger charge is -2.34. The molecular formula is C26H25N2O6+. The molecule has 4 rings (SSSR count). The van der Waals surface area contributed by atoms with E-state index in [2.05, 4.69) is 0 Å². The van der Waals surface area contributed by atoms with E-state index in [4.69, 9.17) is 9.47 Å². The summed E-state index contributed by atoms with van der Waals surface area (Å²) in [6.07, 6.45) is 3.67. The lowest BCUT2D eigenvalue weighted by Crippen LogP contribution is -2.46. The lowest BCUT2D eigenvalue weighted by atomic mass is 9.80. The van der Waals surface area contributed by atoms with Crippen LogP contribution in [0.4, 0.5) is 5.69 Å². The van der Waals surface area contributed by atoms with Gasteiger partial charge in [0.25, 0.3) is 17.4 Å². The number of rotatable bonds is 6. The molecule has 0 spiro atoms. The van der Waals surface area contributed by atoms with Gasteiger partial charge in [-0.25, -0.2) is 4.79 Å². The van der Waals surface area contributed by atoms with Gasteiger partial charge in [-0.05, 0) is 24.6 Å². The fourth-order valence-electron chi connectivity index (χ4n) is 4.14. The summed E-state index contributed by atoms with van der Waals surface area (Å²) in [6, 6.07) is 18.8. The molecule has 0 fully saturated rings. The van der Waals surface area contributed by atoms with Gasteiger partial charge in [0.05, 0.1) is 10.8 Å². The molecule has 0 radical (unpaired) electrons. The Balaban J connectivity index is 1.96. The number of carbonyl (C=O) groups excluding carboxylic acids is 1. The number of pyridine rings is 1. The first-order valence-electron chi connectivity index (χ1n) is 10.8. The molecule has 0 bridgehead atoms. The van der Waals surface area contributed by atoms with Crippen molar-refractivity contribution < 1.29 is 28.9 Å². The number of aryl methyl sites for hydroxylation is 1. The van der Waals surface area contributed by atoms with E-state index in [9.17, 15) is 20.0 Å². The van der Waals surface area contributed by atoms with Crippen LogP contribution in [0.1, 0.15) is 42.5 Å². The van der Waals surface area contributed by atoms with E-state index in [1.54, 1.807) is 26.0 Å². The van der Waals surface area contributed by atoms with Gasteiger partial charge in [-0.15, -0.1) is 0 Å². The van der Waals surface area contributed by atoms with Crippen LogP contribution in [-0.4, -0.2) is 21.8 Å². The van der Waals surface area contributed by atoms with Crippen molar-refractivity contribution in [2.75, 3.05) is 0 Å². The topological polar surface area (TPSA) is 103 Å². The van der Waals surface area contributed by atoms with E-state index in [-0.39, 0.29) is 11.3 Å². The molecule has 0 amide bonds. The van der Waals surface area contributed by atoms with Gasteiger partial charge in [0.1, 0.15) is 5.57 Å². The average molecular weight is 461 g/mol. The van der Waals surface area contributed by atoms with Crippen LogP contribution in [0.5, 0.6) is 0 Å². The number of aliphatic hydroxyl groups excluding tert-OH is 1. The molecule has 2 aromatic carbocycles. The second-order valence-corrected chi connectivity index (χ2v) is 8.61. The van der Waals surface area contributed by atoms with Crippen molar-refractivity contribution in [3.63, 3.8) is 0 Å². The number of hydrogen-bond acceptors (Lipinski definition) is 6. The van der Waals surface area contributed by atoms with Crippen molar-refractivity contribution >= 4 is 11.7 Å². The predicted molar refractivity (Wildman–Crippen MR) is 123 cm³/mol. The quantitative estimate of drug-likeness (QED) is 0.248. The Kier molecular flexibility index (Phi) is 6.06. The predicted octanol–water partition coefficient (Wildman–Crippen LogP) is 4.64. The van der Waals surface area contributed by atoms with E-state index in [1.165, 1.54) is 12.1 Å². The number of esters is 1. The standard InChI is InChI=1S/C26H24N2O6/c1-17-7-9-18(10-8-17)21(22-24(29)33-26(2,3)34-25(22)30)23(27-15-5-4-6-16-27)19-11-13-20(14-12-19)28(31)32/h4-16,21,23H,1-3H3/p+1. The number of hydrogen-bond donors (Lipinski definition) is 1. The summed E-state index contributed by atoms with van der Waals surface area (Å²) < 4.78 is 12.9. The van der Waals surface area contributed by atoms with Crippen molar-refractivity contribution in [1.82, 2.24) is 0 Å². The lowest BCUT2D eigenvalue weighted by molar-refractivity contribution is -0.715. The Labute approximate surface area is 196 Å². The fourth-order valence-corrected chi connectivity index (χ4v) is 4.14. The fraction of sp³-hybridized carbons (Fsp3) is 0.231. The van der Waals surface area contributed by atoms with E-state index < -0.39 is 34.6 Å². The Morgan fingerprint density at radius 1 is 0.941 bits per heavy atom. The zero-order valence-corrected chi connectivity index (χ0v) is 19.0. The number of carbonyl (C=O) groups is 1. The van der Waals surface area contributed by atoms with Crippen LogP contribution in [0.25, 0.3) is 0 Å². The summed E-state index contributed by atoms with van der Waals surface area (Å²) in [5.41, 5.74) is 2.40. The Morgan fingerprint density at radius 2 is 1.53 bits per heavy atom. The maximum atomic E-state index is 13.2. The van der Waals surface area contributed by atoms with Crippen LogP contribution < -0.4 is 4.57 Å². The zero-order valence-electron chi connectivity index (χ0n) is 19.0. The van der Waals surface area contributed by atoms with Crippen molar-refractivity contribution in [1.29, 1.82) is 0 Å². The van der Waals surface area contributed by atoms with Gasteiger partial charge in [0.15, 0.2) is 18.4 Å². The minimum absolute atomic E-state index is 0.0251. The van der Waals surface area contributed by atoms with Crippen LogP contribution in [0, 0.1) is 17.0 Å². The molecule has 174 valence electrons. The van der Waals surface area contributed by atoms with Crippen LogP contribution >= 0.6 is 0 Å². The molecule has 1 aliphatic heterocycles. The van der Waals surface area contributed by atoms with Crippen LogP contribution in [0.3, 0.4) is 0 Å². The van der Waals surface area contributed by atoms with Crippen LogP contribution in [-0.2, 0) is 14.3 Å². The Bertz CT molecular complexity index is 1230. The van der Waals surface area contributed by atoms with Crippen LogP contribution in [0.15, 0.2) is 90.6 Å². The molecule has 34 heavy (non-hydrogen) atoms. The van der Waals surface area contributed by atoms with Gasteiger partial charge < -0.3 is 14.6 Å². The van der Waals surface area contributed by atoms with Gasteiger partial charge >= 0.3 is 5.97 Å². The third kappa shape index (κ3) is 4.61. The van der Waals surface area contributed by atoms with Crippen molar-refractivity contribution in [3.8, 4) is 0 Å². The maximum absolute atomic E-state index is 13.2. The highest BCUT2D eigenvalue weighted by Gasteiger charge is 2.46. The van der Waals surface area contributed by atoms with Crippen molar-refractivity contribution in [2.45, 2.75) is 38.5 Å². The summed E-state index contributed by atoms with van der Waals surface area (Å²) in [6.45, 7) is 5.03. The number of aromatic nitrogens is 1. The van der Waals surface area contributed by atoms with E-state index in [0.29, 0.717) is 5.56 Å². The third-order valence-electron chi connectivity index (χ3n) is 5.70. The summed E-state index contributed by atoms with van der Waals surface area (Å²) >= 11 is 0. The summed E-state index contributed by atoms with van der Waals surface area (Å²) in [5, 5.41) is 22.1. The average Bonchev–Trinajstić information content (AvgIpc) is 2.79. The number of nitro benzene ring substituents is 1. The molecule has 2 unspecified atom stereocenters. The monoisotopic (exact) mass is 461 g/mol. The highest BCUT2D eigenvalue weighted by atomic mass is 16.8. The maximum Gasteiger partial charge on any atom is 0.345 e. The van der Waals surface area contributed by atoms with Crippen molar-refractivity contribution in [2.24, 2.45) is 0 Å². The molecule has 2 heterocycles. The first-order valence-corrected chi connectivity index (χ1v) is 10.8. The minimum atomic E-state index is -1.31.